The maximum atomic E-state index is 11.5. The van der Waals surface area contributed by atoms with Crippen LogP contribution in [0.2, 0.25) is 0 Å². The van der Waals surface area contributed by atoms with E-state index in [0.717, 1.165) is 18.7 Å². The quantitative estimate of drug-likeness (QED) is 0.265. The lowest BCUT2D eigenvalue weighted by Crippen LogP contribution is -2.45. The van der Waals surface area contributed by atoms with Crippen molar-refractivity contribution in [2.45, 2.75) is 13.5 Å². The normalized spacial score (nSPS) is 16.3. The molecule has 1 aliphatic rings. The summed E-state index contributed by atoms with van der Waals surface area (Å²) in [6, 6.07) is 3.76. The van der Waals surface area contributed by atoms with Crippen LogP contribution >= 0.6 is 24.0 Å². The van der Waals surface area contributed by atoms with Gasteiger partial charge in [0, 0.05) is 32.7 Å². The van der Waals surface area contributed by atoms with Crippen molar-refractivity contribution >= 4 is 39.8 Å². The van der Waals surface area contributed by atoms with Crippen LogP contribution in [0.4, 0.5) is 0 Å². The number of guanidine groups is 1. The lowest BCUT2D eigenvalue weighted by atomic mass is 10.2. The largest absolute Gasteiger partial charge is 0.493 e. The highest BCUT2D eigenvalue weighted by molar-refractivity contribution is 14.0. The van der Waals surface area contributed by atoms with Gasteiger partial charge >= 0.3 is 0 Å². The van der Waals surface area contributed by atoms with Gasteiger partial charge in [0.2, 0.25) is 5.75 Å². The van der Waals surface area contributed by atoms with Crippen LogP contribution < -0.4 is 24.8 Å². The third kappa shape index (κ3) is 7.99. The van der Waals surface area contributed by atoms with Gasteiger partial charge in [0.05, 0.1) is 39.4 Å². The van der Waals surface area contributed by atoms with Gasteiger partial charge in [-0.3, -0.25) is 4.90 Å². The first-order valence-electron chi connectivity index (χ1n) is 9.66. The number of hydrogen-bond acceptors (Lipinski definition) is 7. The van der Waals surface area contributed by atoms with Crippen LogP contribution in [0.5, 0.6) is 17.2 Å². The van der Waals surface area contributed by atoms with Gasteiger partial charge in [0.15, 0.2) is 27.3 Å². The summed E-state index contributed by atoms with van der Waals surface area (Å²) in [6.07, 6.45) is 0. The van der Waals surface area contributed by atoms with Gasteiger partial charge in [-0.15, -0.1) is 24.0 Å². The fourth-order valence-electron chi connectivity index (χ4n) is 3.05. The molecule has 0 amide bonds. The molecule has 0 saturated carbocycles. The van der Waals surface area contributed by atoms with Crippen molar-refractivity contribution < 1.29 is 22.6 Å². The van der Waals surface area contributed by atoms with Gasteiger partial charge in [0.1, 0.15) is 0 Å². The molecule has 1 saturated heterocycles. The number of ether oxygens (including phenoxy) is 3. The van der Waals surface area contributed by atoms with Gasteiger partial charge in [-0.05, 0) is 24.6 Å². The molecule has 1 aliphatic heterocycles. The van der Waals surface area contributed by atoms with Crippen molar-refractivity contribution in [3.63, 3.8) is 0 Å². The van der Waals surface area contributed by atoms with Crippen LogP contribution in [0.3, 0.4) is 0 Å². The second-order valence-corrected chi connectivity index (χ2v) is 8.95. The molecular formula is C19H33IN4O5S. The summed E-state index contributed by atoms with van der Waals surface area (Å²) in [5.74, 6) is 2.91. The Bertz CT molecular complexity index is 765. The minimum atomic E-state index is -2.85. The van der Waals surface area contributed by atoms with E-state index in [4.69, 9.17) is 14.2 Å². The third-order valence-electron chi connectivity index (χ3n) is 4.65. The van der Waals surface area contributed by atoms with Crippen molar-refractivity contribution in [2.24, 2.45) is 4.99 Å². The first-order chi connectivity index (χ1) is 13.9. The molecule has 1 fully saturated rings. The van der Waals surface area contributed by atoms with E-state index in [1.165, 1.54) is 0 Å². The summed E-state index contributed by atoms with van der Waals surface area (Å²) in [7, 11) is 1.89. The van der Waals surface area contributed by atoms with Crippen molar-refractivity contribution in [3.05, 3.63) is 17.7 Å². The minimum Gasteiger partial charge on any atom is -0.493 e. The Morgan fingerprint density at radius 1 is 1.07 bits per heavy atom. The zero-order chi connectivity index (χ0) is 21.3. The summed E-state index contributed by atoms with van der Waals surface area (Å²) in [5, 5.41) is 6.52. The van der Waals surface area contributed by atoms with Crippen molar-refractivity contribution in [2.75, 3.05) is 65.6 Å². The Morgan fingerprint density at radius 3 is 2.17 bits per heavy atom. The molecule has 0 unspecified atom stereocenters. The van der Waals surface area contributed by atoms with E-state index >= 15 is 0 Å². The summed E-state index contributed by atoms with van der Waals surface area (Å²) in [4.78, 5) is 6.77. The molecule has 0 aromatic heterocycles. The Balaban J connectivity index is 0.00000450. The molecule has 0 aliphatic carbocycles. The zero-order valence-corrected chi connectivity index (χ0v) is 21.2. The molecule has 0 radical (unpaired) electrons. The van der Waals surface area contributed by atoms with E-state index < -0.39 is 9.84 Å². The number of sulfone groups is 1. The molecule has 2 N–H and O–H groups in total. The minimum absolute atomic E-state index is 0. The van der Waals surface area contributed by atoms with Gasteiger partial charge in [-0.1, -0.05) is 0 Å². The number of halogens is 1. The van der Waals surface area contributed by atoms with Crippen molar-refractivity contribution in [1.29, 1.82) is 0 Å². The molecular weight excluding hydrogens is 523 g/mol. The SMILES string of the molecule is CCNC(=NCc1cc(OC)c(OC)c(OC)c1)NCCN1CCS(=O)(=O)CC1.I. The monoisotopic (exact) mass is 556 g/mol. The molecule has 1 aromatic rings. The smallest absolute Gasteiger partial charge is 0.203 e. The van der Waals surface area contributed by atoms with Crippen LogP contribution in [0, 0.1) is 0 Å². The summed E-state index contributed by atoms with van der Waals surface area (Å²) in [6.45, 7) is 5.81. The summed E-state index contributed by atoms with van der Waals surface area (Å²) >= 11 is 0. The van der Waals surface area contributed by atoms with Gasteiger partial charge in [-0.25, -0.2) is 13.4 Å². The number of benzene rings is 1. The second kappa shape index (κ2) is 13.1. The average Bonchev–Trinajstić information content (AvgIpc) is 2.72. The van der Waals surface area contributed by atoms with Crippen LogP contribution in [0.1, 0.15) is 12.5 Å². The molecule has 2 rings (SSSR count). The lowest BCUT2D eigenvalue weighted by molar-refractivity contribution is 0.299. The van der Waals surface area contributed by atoms with Crippen LogP contribution in [-0.4, -0.2) is 84.8 Å². The molecule has 1 aromatic carbocycles. The fourth-order valence-corrected chi connectivity index (χ4v) is 4.32. The molecule has 0 atom stereocenters. The Hall–Kier alpha value is -1.47. The second-order valence-electron chi connectivity index (χ2n) is 6.65. The van der Waals surface area contributed by atoms with E-state index in [1.807, 2.05) is 19.1 Å². The van der Waals surface area contributed by atoms with E-state index in [-0.39, 0.29) is 35.5 Å². The number of nitrogens with one attached hydrogen (secondary N) is 2. The highest BCUT2D eigenvalue weighted by Crippen LogP contribution is 2.38. The summed E-state index contributed by atoms with van der Waals surface area (Å²) < 4.78 is 39.2. The van der Waals surface area contributed by atoms with E-state index in [0.29, 0.717) is 49.4 Å². The predicted octanol–water partition coefficient (Wildman–Crippen LogP) is 1.12. The average molecular weight is 556 g/mol. The molecule has 9 nitrogen and oxygen atoms in total. The fraction of sp³-hybridized carbons (Fsp3) is 0.632. The topological polar surface area (TPSA) is 101 Å². The number of aliphatic imine (C=N–C) groups is 1. The standard InChI is InChI=1S/C19H32N4O5S.HI/c1-5-20-19(21-6-7-23-8-10-29(24,25)11-9-23)22-14-15-12-16(26-2)18(28-4)17(13-15)27-3;/h12-13H,5-11,14H2,1-4H3,(H2,20,21,22);1H. The maximum absolute atomic E-state index is 11.5. The number of methoxy groups -OCH3 is 3. The molecule has 0 bridgehead atoms. The Morgan fingerprint density at radius 2 is 1.67 bits per heavy atom. The van der Waals surface area contributed by atoms with Crippen LogP contribution in [0.25, 0.3) is 0 Å². The predicted molar refractivity (Wildman–Crippen MR) is 129 cm³/mol. The maximum Gasteiger partial charge on any atom is 0.203 e. The van der Waals surface area contributed by atoms with E-state index in [9.17, 15) is 8.42 Å². The number of hydrogen-bond donors (Lipinski definition) is 2. The zero-order valence-electron chi connectivity index (χ0n) is 18.1. The Labute approximate surface area is 196 Å². The van der Waals surface area contributed by atoms with E-state index in [2.05, 4.69) is 20.5 Å². The summed E-state index contributed by atoms with van der Waals surface area (Å²) in [5.41, 5.74) is 0.929. The number of nitrogens with zero attached hydrogens (tertiary/aromatic N) is 2. The first-order valence-corrected chi connectivity index (χ1v) is 11.5. The molecule has 172 valence electrons. The van der Waals surface area contributed by atoms with Crippen LogP contribution in [-0.2, 0) is 16.4 Å². The molecule has 0 spiro atoms. The number of rotatable bonds is 9. The third-order valence-corrected chi connectivity index (χ3v) is 6.26. The van der Waals surface area contributed by atoms with Gasteiger partial charge < -0.3 is 24.8 Å². The highest BCUT2D eigenvalue weighted by atomic mass is 127. The van der Waals surface area contributed by atoms with E-state index in [1.54, 1.807) is 21.3 Å². The highest BCUT2D eigenvalue weighted by Gasteiger charge is 2.21. The molecule has 1 heterocycles. The van der Waals surface area contributed by atoms with Gasteiger partial charge in [-0.2, -0.15) is 0 Å². The first kappa shape index (κ1) is 26.6. The van der Waals surface area contributed by atoms with Crippen LogP contribution in [0.15, 0.2) is 17.1 Å². The van der Waals surface area contributed by atoms with Gasteiger partial charge in [0.25, 0.3) is 0 Å². The molecule has 30 heavy (non-hydrogen) atoms. The molecule has 11 heteroatoms. The van der Waals surface area contributed by atoms with Crippen molar-refractivity contribution in [3.8, 4) is 17.2 Å². The Kier molecular flexibility index (Phi) is 11.6. The van der Waals surface area contributed by atoms with Crippen molar-refractivity contribution in [1.82, 2.24) is 15.5 Å². The lowest BCUT2D eigenvalue weighted by Gasteiger charge is -2.26.